The molecule has 134 valence electrons. The fourth-order valence-corrected chi connectivity index (χ4v) is 3.47. The summed E-state index contributed by atoms with van der Waals surface area (Å²) < 4.78 is 11.1. The molecule has 5 nitrogen and oxygen atoms in total. The molecule has 0 radical (unpaired) electrons. The van der Waals surface area contributed by atoms with Gasteiger partial charge in [0.2, 0.25) is 0 Å². The van der Waals surface area contributed by atoms with Crippen LogP contribution in [0.3, 0.4) is 0 Å². The molecule has 1 N–H and O–H groups in total. The molecule has 1 aliphatic heterocycles. The lowest BCUT2D eigenvalue weighted by Crippen LogP contribution is -2.44. The van der Waals surface area contributed by atoms with Gasteiger partial charge in [-0.1, -0.05) is 32.1 Å². The molecule has 5 heteroatoms. The zero-order valence-electron chi connectivity index (χ0n) is 14.7. The molecule has 0 spiro atoms. The quantitative estimate of drug-likeness (QED) is 0.762. The van der Waals surface area contributed by atoms with Gasteiger partial charge < -0.3 is 19.7 Å². The molecule has 0 aromatic carbocycles. The number of rotatable bonds is 6. The summed E-state index contributed by atoms with van der Waals surface area (Å²) in [4.78, 5) is 14.2. The fourth-order valence-electron chi connectivity index (χ4n) is 3.47. The second kappa shape index (κ2) is 10.9. The number of nitrogens with one attached hydrogen (secondary N) is 1. The van der Waals surface area contributed by atoms with Crippen LogP contribution in [-0.2, 0) is 9.47 Å². The Hall–Kier alpha value is -0.810. The van der Waals surface area contributed by atoms with E-state index in [2.05, 4.69) is 5.32 Å². The van der Waals surface area contributed by atoms with E-state index in [4.69, 9.17) is 9.47 Å². The van der Waals surface area contributed by atoms with Crippen LogP contribution in [0.2, 0.25) is 0 Å². The lowest BCUT2D eigenvalue weighted by Gasteiger charge is -2.30. The minimum absolute atomic E-state index is 0.0710. The van der Waals surface area contributed by atoms with Crippen molar-refractivity contribution in [3.63, 3.8) is 0 Å². The third kappa shape index (κ3) is 7.08. The topological polar surface area (TPSA) is 50.8 Å². The maximum atomic E-state index is 12.3. The highest BCUT2D eigenvalue weighted by Gasteiger charge is 2.20. The van der Waals surface area contributed by atoms with Crippen LogP contribution >= 0.6 is 0 Å². The number of hydrogen-bond acceptors (Lipinski definition) is 3. The van der Waals surface area contributed by atoms with Crippen molar-refractivity contribution in [3.05, 3.63) is 0 Å². The smallest absolute Gasteiger partial charge is 0.317 e. The van der Waals surface area contributed by atoms with Crippen molar-refractivity contribution in [1.29, 1.82) is 0 Å². The van der Waals surface area contributed by atoms with Crippen LogP contribution in [0.25, 0.3) is 0 Å². The molecule has 2 fully saturated rings. The Morgan fingerprint density at radius 3 is 2.43 bits per heavy atom. The van der Waals surface area contributed by atoms with Crippen molar-refractivity contribution >= 4 is 6.03 Å². The van der Waals surface area contributed by atoms with Crippen molar-refractivity contribution in [3.8, 4) is 0 Å². The van der Waals surface area contributed by atoms with Gasteiger partial charge in [0, 0.05) is 39.5 Å². The summed E-state index contributed by atoms with van der Waals surface area (Å²) in [6.45, 7) is 3.04. The molecule has 1 saturated heterocycles. The van der Waals surface area contributed by atoms with Gasteiger partial charge in [0.15, 0.2) is 0 Å². The van der Waals surface area contributed by atoms with E-state index >= 15 is 0 Å². The third-order valence-corrected chi connectivity index (χ3v) is 5.06. The minimum Gasteiger partial charge on any atom is -0.381 e. The van der Waals surface area contributed by atoms with Gasteiger partial charge in [-0.05, 0) is 32.1 Å². The predicted octanol–water partition coefficient (Wildman–Crippen LogP) is 3.33. The first-order valence-electron chi connectivity index (χ1n) is 9.47. The Balaban J connectivity index is 1.55. The Morgan fingerprint density at radius 2 is 1.74 bits per heavy atom. The highest BCUT2D eigenvalue weighted by molar-refractivity contribution is 5.74. The molecule has 0 unspecified atom stereocenters. The van der Waals surface area contributed by atoms with E-state index in [1.807, 2.05) is 11.9 Å². The molecule has 0 aromatic rings. The average Bonchev–Trinajstić information content (AvgIpc) is 2.54. The van der Waals surface area contributed by atoms with Crippen LogP contribution in [0.15, 0.2) is 0 Å². The zero-order valence-corrected chi connectivity index (χ0v) is 14.7. The second-order valence-corrected chi connectivity index (χ2v) is 6.88. The van der Waals surface area contributed by atoms with Crippen molar-refractivity contribution in [2.75, 3.05) is 33.4 Å². The zero-order chi connectivity index (χ0) is 16.3. The van der Waals surface area contributed by atoms with E-state index in [-0.39, 0.29) is 6.03 Å². The van der Waals surface area contributed by atoms with E-state index in [0.29, 0.717) is 18.7 Å². The van der Waals surface area contributed by atoms with Gasteiger partial charge in [0.05, 0.1) is 6.10 Å². The van der Waals surface area contributed by atoms with E-state index in [1.54, 1.807) is 0 Å². The number of urea groups is 1. The summed E-state index contributed by atoms with van der Waals surface area (Å²) in [5.41, 5.74) is 0. The van der Waals surface area contributed by atoms with Crippen molar-refractivity contribution in [2.45, 2.75) is 76.4 Å². The molecular formula is C18H34N2O3. The number of nitrogens with zero attached hydrogens (tertiary/aromatic N) is 1. The molecule has 1 aliphatic carbocycles. The van der Waals surface area contributed by atoms with Crippen LogP contribution in [0, 0.1) is 0 Å². The van der Waals surface area contributed by atoms with Gasteiger partial charge in [-0.2, -0.15) is 0 Å². The lowest BCUT2D eigenvalue weighted by atomic mass is 9.96. The number of carbonyl (C=O) groups excluding carboxylic acids is 1. The summed E-state index contributed by atoms with van der Waals surface area (Å²) in [5, 5.41) is 3.04. The normalized spacial score (nSPS) is 21.4. The molecule has 1 saturated carbocycles. The number of amides is 2. The highest BCUT2D eigenvalue weighted by Crippen LogP contribution is 2.20. The molecule has 0 bridgehead atoms. The molecule has 23 heavy (non-hydrogen) atoms. The summed E-state index contributed by atoms with van der Waals surface area (Å²) in [6, 6.07) is 0.482. The SMILES string of the molecule is CN(C(=O)NCCCOC1CCOCC1)C1CCCCCCC1. The van der Waals surface area contributed by atoms with Gasteiger partial charge in [0.25, 0.3) is 0 Å². The molecule has 2 aliphatic rings. The maximum Gasteiger partial charge on any atom is 0.317 e. The molecule has 2 amide bonds. The van der Waals surface area contributed by atoms with Gasteiger partial charge in [-0.25, -0.2) is 4.79 Å². The molecule has 1 heterocycles. The molecule has 0 aromatic heterocycles. The Kier molecular flexibility index (Phi) is 8.76. The minimum atomic E-state index is 0.0710. The van der Waals surface area contributed by atoms with Crippen LogP contribution in [0.5, 0.6) is 0 Å². The lowest BCUT2D eigenvalue weighted by molar-refractivity contribution is -0.0321. The Labute approximate surface area is 141 Å². The highest BCUT2D eigenvalue weighted by atomic mass is 16.5. The predicted molar refractivity (Wildman–Crippen MR) is 91.7 cm³/mol. The van der Waals surface area contributed by atoms with Crippen molar-refractivity contribution in [1.82, 2.24) is 10.2 Å². The number of hydrogen-bond donors (Lipinski definition) is 1. The third-order valence-electron chi connectivity index (χ3n) is 5.06. The van der Waals surface area contributed by atoms with Crippen LogP contribution in [0.4, 0.5) is 4.79 Å². The molecule has 0 atom stereocenters. The van der Waals surface area contributed by atoms with Crippen molar-refractivity contribution < 1.29 is 14.3 Å². The van der Waals surface area contributed by atoms with E-state index < -0.39 is 0 Å². The first-order chi connectivity index (χ1) is 11.3. The Bertz CT molecular complexity index is 324. The van der Waals surface area contributed by atoms with Crippen molar-refractivity contribution in [2.24, 2.45) is 0 Å². The van der Waals surface area contributed by atoms with Crippen LogP contribution in [-0.4, -0.2) is 56.5 Å². The summed E-state index contributed by atoms with van der Waals surface area (Å²) in [6.07, 6.45) is 12.0. The molecular weight excluding hydrogens is 292 g/mol. The Morgan fingerprint density at radius 1 is 1.09 bits per heavy atom. The van der Waals surface area contributed by atoms with Crippen LogP contribution < -0.4 is 5.32 Å². The standard InChI is InChI=1S/C18H34N2O3/c1-20(16-8-5-3-2-4-6-9-16)18(21)19-12-7-13-23-17-10-14-22-15-11-17/h16-17H,2-15H2,1H3,(H,19,21). The summed E-state index contributed by atoms with van der Waals surface area (Å²) in [7, 11) is 1.94. The maximum absolute atomic E-state index is 12.3. The number of carbonyl (C=O) groups is 1. The van der Waals surface area contributed by atoms with E-state index in [1.165, 1.54) is 32.1 Å². The van der Waals surface area contributed by atoms with Crippen LogP contribution in [0.1, 0.15) is 64.2 Å². The summed E-state index contributed by atoms with van der Waals surface area (Å²) in [5.74, 6) is 0. The average molecular weight is 326 g/mol. The van der Waals surface area contributed by atoms with Gasteiger partial charge in [-0.3, -0.25) is 0 Å². The van der Waals surface area contributed by atoms with Gasteiger partial charge in [-0.15, -0.1) is 0 Å². The van der Waals surface area contributed by atoms with E-state index in [0.717, 1.165) is 51.9 Å². The first-order valence-corrected chi connectivity index (χ1v) is 9.47. The van der Waals surface area contributed by atoms with Gasteiger partial charge in [0.1, 0.15) is 0 Å². The first kappa shape index (κ1) is 18.5. The largest absolute Gasteiger partial charge is 0.381 e. The second-order valence-electron chi connectivity index (χ2n) is 6.88. The monoisotopic (exact) mass is 326 g/mol. The number of ether oxygens (including phenoxy) is 2. The van der Waals surface area contributed by atoms with E-state index in [9.17, 15) is 4.79 Å². The fraction of sp³-hybridized carbons (Fsp3) is 0.944. The summed E-state index contributed by atoms with van der Waals surface area (Å²) >= 11 is 0. The van der Waals surface area contributed by atoms with Gasteiger partial charge >= 0.3 is 6.03 Å². The molecule has 2 rings (SSSR count).